The van der Waals surface area contributed by atoms with Crippen LogP contribution in [-0.4, -0.2) is 41.1 Å². The second-order valence-electron chi connectivity index (χ2n) is 5.80. The van der Waals surface area contributed by atoms with Gasteiger partial charge >= 0.3 is 5.97 Å². The van der Waals surface area contributed by atoms with Crippen LogP contribution in [0.25, 0.3) is 0 Å². The molecule has 6 nitrogen and oxygen atoms in total. The average molecular weight is 345 g/mol. The minimum Gasteiger partial charge on any atom is -0.459 e. The molecule has 1 aromatic rings. The maximum Gasteiger partial charge on any atom is 0.338 e. The number of esters is 1. The highest BCUT2D eigenvalue weighted by atomic mass is 32.2. The van der Waals surface area contributed by atoms with Gasteiger partial charge in [-0.05, 0) is 43.5 Å². The van der Waals surface area contributed by atoms with Crippen LogP contribution in [-0.2, 0) is 9.53 Å². The molecule has 0 saturated carbocycles. The number of amidine groups is 1. The topological polar surface area (TPSA) is 71.0 Å². The van der Waals surface area contributed by atoms with Gasteiger partial charge in [0.25, 0.3) is 0 Å². The SMILES string of the molecule is CC(C)OC(=O)c1ccc(NC(=O)CC2=CSC3=NCCN23)cc1. The van der Waals surface area contributed by atoms with Gasteiger partial charge in [-0.25, -0.2) is 4.79 Å². The van der Waals surface area contributed by atoms with E-state index in [1.54, 1.807) is 49.9 Å². The van der Waals surface area contributed by atoms with Gasteiger partial charge < -0.3 is 15.0 Å². The summed E-state index contributed by atoms with van der Waals surface area (Å²) < 4.78 is 5.13. The lowest BCUT2D eigenvalue weighted by Gasteiger charge is -2.16. The first-order valence-corrected chi connectivity index (χ1v) is 8.69. The van der Waals surface area contributed by atoms with Gasteiger partial charge in [-0.15, -0.1) is 0 Å². The summed E-state index contributed by atoms with van der Waals surface area (Å²) in [6.07, 6.45) is 0.150. The van der Waals surface area contributed by atoms with Gasteiger partial charge in [0.2, 0.25) is 5.91 Å². The van der Waals surface area contributed by atoms with Gasteiger partial charge in [0, 0.05) is 17.9 Å². The van der Waals surface area contributed by atoms with Crippen LogP contribution in [0.3, 0.4) is 0 Å². The van der Waals surface area contributed by atoms with E-state index >= 15 is 0 Å². The number of carbonyl (C=O) groups is 2. The third-order valence-electron chi connectivity index (χ3n) is 3.54. The monoisotopic (exact) mass is 345 g/mol. The third-order valence-corrected chi connectivity index (χ3v) is 4.49. The molecular weight excluding hydrogens is 326 g/mol. The largest absolute Gasteiger partial charge is 0.459 e. The smallest absolute Gasteiger partial charge is 0.338 e. The fourth-order valence-electron chi connectivity index (χ4n) is 2.46. The standard InChI is InChI=1S/C17H19N3O3S/c1-11(2)23-16(22)12-3-5-13(6-4-12)19-15(21)9-14-10-24-17-18-7-8-20(14)17/h3-6,10-11H,7-9H2,1-2H3,(H,19,21). The summed E-state index contributed by atoms with van der Waals surface area (Å²) in [5.41, 5.74) is 2.10. The molecule has 2 aliphatic rings. The lowest BCUT2D eigenvalue weighted by molar-refractivity contribution is -0.115. The fourth-order valence-corrected chi connectivity index (χ4v) is 3.41. The Kier molecular flexibility index (Phi) is 4.89. The molecule has 126 valence electrons. The molecule has 0 radical (unpaired) electrons. The number of hydrogen-bond donors (Lipinski definition) is 1. The van der Waals surface area contributed by atoms with E-state index in [1.165, 1.54) is 0 Å². The van der Waals surface area contributed by atoms with Crippen LogP contribution in [0.4, 0.5) is 5.69 Å². The summed E-state index contributed by atoms with van der Waals surface area (Å²) in [6, 6.07) is 6.71. The summed E-state index contributed by atoms with van der Waals surface area (Å²) in [5.74, 6) is -0.454. The molecule has 0 unspecified atom stereocenters. The highest BCUT2D eigenvalue weighted by molar-refractivity contribution is 8.16. The van der Waals surface area contributed by atoms with Gasteiger partial charge in [0.1, 0.15) is 0 Å². The molecule has 0 fully saturated rings. The molecule has 2 heterocycles. The number of amides is 1. The number of aliphatic imine (C=N–C) groups is 1. The van der Waals surface area contributed by atoms with E-state index in [2.05, 4.69) is 15.2 Å². The summed E-state index contributed by atoms with van der Waals surface area (Å²) in [4.78, 5) is 30.4. The molecular formula is C17H19N3O3S. The van der Waals surface area contributed by atoms with E-state index in [0.29, 0.717) is 17.7 Å². The van der Waals surface area contributed by atoms with E-state index in [1.807, 2.05) is 5.41 Å². The lowest BCUT2D eigenvalue weighted by Crippen LogP contribution is -2.24. The molecule has 1 amide bonds. The Morgan fingerprint density at radius 1 is 1.33 bits per heavy atom. The summed E-state index contributed by atoms with van der Waals surface area (Å²) in [5, 5.41) is 5.80. The van der Waals surface area contributed by atoms with Crippen molar-refractivity contribution in [1.82, 2.24) is 4.90 Å². The van der Waals surface area contributed by atoms with Crippen molar-refractivity contribution < 1.29 is 14.3 Å². The van der Waals surface area contributed by atoms with E-state index in [4.69, 9.17) is 4.74 Å². The summed E-state index contributed by atoms with van der Waals surface area (Å²) >= 11 is 1.56. The number of anilines is 1. The van der Waals surface area contributed by atoms with E-state index in [0.717, 1.165) is 24.0 Å². The number of rotatable bonds is 5. The number of hydrogen-bond acceptors (Lipinski definition) is 6. The third kappa shape index (κ3) is 3.79. The first kappa shape index (κ1) is 16.6. The van der Waals surface area contributed by atoms with Crippen molar-refractivity contribution in [2.75, 3.05) is 18.4 Å². The van der Waals surface area contributed by atoms with Crippen LogP contribution in [0.5, 0.6) is 0 Å². The van der Waals surface area contributed by atoms with Crippen LogP contribution < -0.4 is 5.32 Å². The second kappa shape index (κ2) is 7.09. The van der Waals surface area contributed by atoms with Crippen LogP contribution in [0.15, 0.2) is 40.4 Å². The highest BCUT2D eigenvalue weighted by Crippen LogP contribution is 2.30. The van der Waals surface area contributed by atoms with Crippen molar-refractivity contribution in [2.24, 2.45) is 4.99 Å². The maximum absolute atomic E-state index is 12.2. The van der Waals surface area contributed by atoms with Gasteiger partial charge in [-0.2, -0.15) is 0 Å². The van der Waals surface area contributed by atoms with Crippen molar-refractivity contribution in [2.45, 2.75) is 26.4 Å². The van der Waals surface area contributed by atoms with E-state index < -0.39 is 0 Å². The van der Waals surface area contributed by atoms with Gasteiger partial charge in [0.15, 0.2) is 5.17 Å². The molecule has 0 spiro atoms. The number of fused-ring (bicyclic) bond motifs is 1. The van der Waals surface area contributed by atoms with Crippen molar-refractivity contribution >= 4 is 34.5 Å². The van der Waals surface area contributed by atoms with Crippen molar-refractivity contribution in [3.63, 3.8) is 0 Å². The Labute approximate surface area is 145 Å². The zero-order valence-electron chi connectivity index (χ0n) is 13.6. The molecule has 1 aromatic carbocycles. The van der Waals surface area contributed by atoms with Crippen LogP contribution in [0.1, 0.15) is 30.6 Å². The Balaban J connectivity index is 1.55. The first-order chi connectivity index (χ1) is 11.5. The quantitative estimate of drug-likeness (QED) is 0.831. The highest BCUT2D eigenvalue weighted by Gasteiger charge is 2.27. The summed E-state index contributed by atoms with van der Waals surface area (Å²) in [7, 11) is 0. The molecule has 3 rings (SSSR count). The number of benzene rings is 1. The zero-order valence-corrected chi connectivity index (χ0v) is 14.4. The van der Waals surface area contributed by atoms with Crippen LogP contribution in [0.2, 0.25) is 0 Å². The predicted octanol–water partition coefficient (Wildman–Crippen LogP) is 2.84. The number of nitrogens with one attached hydrogen (secondary N) is 1. The fraction of sp³-hybridized carbons (Fsp3) is 0.353. The molecule has 1 N–H and O–H groups in total. The Bertz CT molecular complexity index is 710. The van der Waals surface area contributed by atoms with Crippen molar-refractivity contribution in [3.8, 4) is 0 Å². The average Bonchev–Trinajstić information content (AvgIpc) is 3.12. The van der Waals surface area contributed by atoms with Gasteiger partial charge in [0.05, 0.1) is 24.6 Å². The van der Waals surface area contributed by atoms with Crippen molar-refractivity contribution in [3.05, 3.63) is 40.9 Å². The van der Waals surface area contributed by atoms with E-state index in [9.17, 15) is 9.59 Å². The van der Waals surface area contributed by atoms with Gasteiger partial charge in [-0.3, -0.25) is 9.79 Å². The van der Waals surface area contributed by atoms with Crippen LogP contribution >= 0.6 is 11.8 Å². The minimum absolute atomic E-state index is 0.0903. The Hall–Kier alpha value is -2.28. The molecule has 0 bridgehead atoms. The molecule has 2 aliphatic heterocycles. The Morgan fingerprint density at radius 3 is 2.79 bits per heavy atom. The Morgan fingerprint density at radius 2 is 2.08 bits per heavy atom. The normalized spacial score (nSPS) is 15.9. The predicted molar refractivity (Wildman–Crippen MR) is 94.9 cm³/mol. The number of thioether (sulfide) groups is 1. The molecule has 0 saturated heterocycles. The zero-order chi connectivity index (χ0) is 17.1. The number of carbonyl (C=O) groups excluding carboxylic acids is 2. The first-order valence-electron chi connectivity index (χ1n) is 7.81. The van der Waals surface area contributed by atoms with Crippen molar-refractivity contribution in [1.29, 1.82) is 0 Å². The van der Waals surface area contributed by atoms with Crippen LogP contribution in [0, 0.1) is 0 Å². The van der Waals surface area contributed by atoms with Gasteiger partial charge in [-0.1, -0.05) is 11.8 Å². The molecule has 0 aromatic heterocycles. The molecule has 0 atom stereocenters. The minimum atomic E-state index is -0.364. The molecule has 24 heavy (non-hydrogen) atoms. The maximum atomic E-state index is 12.2. The summed E-state index contributed by atoms with van der Waals surface area (Å²) in [6.45, 7) is 5.24. The lowest BCUT2D eigenvalue weighted by atomic mass is 10.2. The number of nitrogens with zero attached hydrogens (tertiary/aromatic N) is 2. The molecule has 7 heteroatoms. The molecule has 0 aliphatic carbocycles. The van der Waals surface area contributed by atoms with E-state index in [-0.39, 0.29) is 18.0 Å². The number of ether oxygens (including phenoxy) is 1. The second-order valence-corrected chi connectivity index (χ2v) is 6.64.